The molecule has 0 aliphatic rings. The van der Waals surface area contributed by atoms with Gasteiger partial charge in [0.05, 0.1) is 16.1 Å². The summed E-state index contributed by atoms with van der Waals surface area (Å²) in [6, 6.07) is 13.7. The van der Waals surface area contributed by atoms with Gasteiger partial charge in [0, 0.05) is 10.7 Å². The molecule has 0 aliphatic heterocycles. The number of halogens is 2. The van der Waals surface area contributed by atoms with Crippen LogP contribution in [-0.2, 0) is 4.79 Å². The molecule has 0 aliphatic carbocycles. The molecule has 0 saturated carbocycles. The summed E-state index contributed by atoms with van der Waals surface area (Å²) in [4.78, 5) is 12.1. The van der Waals surface area contributed by atoms with Crippen LogP contribution >= 0.6 is 27.5 Å². The van der Waals surface area contributed by atoms with Gasteiger partial charge < -0.3 is 10.1 Å². The molecule has 112 valence electrons. The molecule has 0 aromatic heterocycles. The smallest absolute Gasteiger partial charge is 0.265 e. The normalized spacial score (nSPS) is 11.4. The maximum Gasteiger partial charge on any atom is 0.265 e. The van der Waals surface area contributed by atoms with Crippen LogP contribution in [0.5, 0.6) is 5.75 Å². The Kier molecular flexibility index (Phi) is 5.42. The van der Waals surface area contributed by atoms with Crippen molar-refractivity contribution in [1.82, 2.24) is 0 Å². The lowest BCUT2D eigenvalue weighted by atomic mass is 10.2. The number of benzene rings is 2. The van der Waals surface area contributed by atoms with Crippen molar-refractivity contribution in [2.24, 2.45) is 0 Å². The van der Waals surface area contributed by atoms with E-state index in [1.807, 2.05) is 6.07 Å². The van der Waals surface area contributed by atoms with Crippen LogP contribution in [0.1, 0.15) is 12.5 Å². The molecule has 0 heterocycles. The predicted octanol–water partition coefficient (Wildman–Crippen LogP) is 4.38. The van der Waals surface area contributed by atoms with E-state index in [0.717, 1.165) is 0 Å². The first-order valence-corrected chi connectivity index (χ1v) is 7.59. The average Bonchev–Trinajstić information content (AvgIpc) is 2.50. The van der Waals surface area contributed by atoms with Crippen molar-refractivity contribution in [2.45, 2.75) is 13.0 Å². The minimum absolute atomic E-state index is 0.286. The van der Waals surface area contributed by atoms with Crippen LogP contribution in [-0.4, -0.2) is 12.0 Å². The van der Waals surface area contributed by atoms with Gasteiger partial charge in [0.2, 0.25) is 0 Å². The molecule has 2 aromatic carbocycles. The first kappa shape index (κ1) is 16.3. The Hall–Kier alpha value is -2.03. The number of hydrogen-bond donors (Lipinski definition) is 1. The summed E-state index contributed by atoms with van der Waals surface area (Å²) >= 11 is 9.20. The van der Waals surface area contributed by atoms with Crippen molar-refractivity contribution in [3.63, 3.8) is 0 Å². The SMILES string of the molecule is CC(Oc1ccc(Cl)cc1Br)C(=O)Nc1ccc(C#N)cc1. The lowest BCUT2D eigenvalue weighted by molar-refractivity contribution is -0.122. The summed E-state index contributed by atoms with van der Waals surface area (Å²) in [5, 5.41) is 12.0. The average molecular weight is 380 g/mol. The van der Waals surface area contributed by atoms with Crippen molar-refractivity contribution in [1.29, 1.82) is 5.26 Å². The number of hydrogen-bond acceptors (Lipinski definition) is 3. The maximum atomic E-state index is 12.1. The number of nitrogens with zero attached hydrogens (tertiary/aromatic N) is 1. The van der Waals surface area contributed by atoms with Gasteiger partial charge in [-0.3, -0.25) is 4.79 Å². The number of rotatable bonds is 4. The third kappa shape index (κ3) is 4.23. The standard InChI is InChI=1S/C16H12BrClN2O2/c1-10(22-15-7-4-12(18)8-14(15)17)16(21)20-13-5-2-11(9-19)3-6-13/h2-8,10H,1H3,(H,20,21). The number of carbonyl (C=O) groups is 1. The van der Waals surface area contributed by atoms with Crippen molar-refractivity contribution in [3.05, 3.63) is 57.5 Å². The Morgan fingerprint density at radius 2 is 2.00 bits per heavy atom. The van der Waals surface area contributed by atoms with Crippen LogP contribution in [0.3, 0.4) is 0 Å². The van der Waals surface area contributed by atoms with Gasteiger partial charge in [-0.05, 0) is 65.3 Å². The van der Waals surface area contributed by atoms with E-state index in [0.29, 0.717) is 26.5 Å². The van der Waals surface area contributed by atoms with Crippen molar-refractivity contribution in [3.8, 4) is 11.8 Å². The van der Waals surface area contributed by atoms with E-state index in [-0.39, 0.29) is 5.91 Å². The molecule has 0 saturated heterocycles. The van der Waals surface area contributed by atoms with E-state index < -0.39 is 6.10 Å². The van der Waals surface area contributed by atoms with E-state index in [9.17, 15) is 4.79 Å². The third-order valence-corrected chi connectivity index (χ3v) is 3.70. The Bertz CT molecular complexity index is 726. The van der Waals surface area contributed by atoms with Crippen LogP contribution in [0.15, 0.2) is 46.9 Å². The molecule has 4 nitrogen and oxygen atoms in total. The van der Waals surface area contributed by atoms with E-state index in [1.54, 1.807) is 49.4 Å². The Morgan fingerprint density at radius 1 is 1.32 bits per heavy atom. The minimum Gasteiger partial charge on any atom is -0.480 e. The van der Waals surface area contributed by atoms with Crippen LogP contribution in [0.4, 0.5) is 5.69 Å². The Balaban J connectivity index is 2.01. The van der Waals surface area contributed by atoms with Crippen LogP contribution < -0.4 is 10.1 Å². The van der Waals surface area contributed by atoms with Crippen LogP contribution in [0, 0.1) is 11.3 Å². The molecule has 2 rings (SSSR count). The van der Waals surface area contributed by atoms with Gasteiger partial charge in [-0.25, -0.2) is 0 Å². The summed E-state index contributed by atoms with van der Waals surface area (Å²) in [5.41, 5.74) is 1.14. The van der Waals surface area contributed by atoms with Gasteiger partial charge in [-0.1, -0.05) is 11.6 Å². The zero-order valence-corrected chi connectivity index (χ0v) is 14.0. The van der Waals surface area contributed by atoms with E-state index in [1.165, 1.54) is 0 Å². The van der Waals surface area contributed by atoms with Gasteiger partial charge >= 0.3 is 0 Å². The second-order valence-corrected chi connectivity index (χ2v) is 5.80. The highest BCUT2D eigenvalue weighted by Crippen LogP contribution is 2.28. The van der Waals surface area contributed by atoms with E-state index >= 15 is 0 Å². The second-order valence-electron chi connectivity index (χ2n) is 4.51. The Morgan fingerprint density at radius 3 is 2.59 bits per heavy atom. The molecule has 22 heavy (non-hydrogen) atoms. The van der Waals surface area contributed by atoms with Gasteiger partial charge in [-0.15, -0.1) is 0 Å². The summed E-state index contributed by atoms with van der Waals surface area (Å²) in [5.74, 6) is 0.249. The molecule has 0 radical (unpaired) electrons. The molecule has 0 spiro atoms. The number of ether oxygens (including phenoxy) is 1. The highest BCUT2D eigenvalue weighted by Gasteiger charge is 2.16. The number of nitriles is 1. The predicted molar refractivity (Wildman–Crippen MR) is 89.0 cm³/mol. The summed E-state index contributed by atoms with van der Waals surface area (Å²) in [6.07, 6.45) is -0.687. The molecular formula is C16H12BrClN2O2. The summed E-state index contributed by atoms with van der Waals surface area (Å²) in [7, 11) is 0. The van der Waals surface area contributed by atoms with Gasteiger partial charge in [-0.2, -0.15) is 5.26 Å². The van der Waals surface area contributed by atoms with Crippen molar-refractivity contribution >= 4 is 39.1 Å². The molecule has 1 N–H and O–H groups in total. The van der Waals surface area contributed by atoms with Crippen LogP contribution in [0.25, 0.3) is 0 Å². The van der Waals surface area contributed by atoms with Crippen LogP contribution in [0.2, 0.25) is 5.02 Å². The number of amides is 1. The lowest BCUT2D eigenvalue weighted by Gasteiger charge is -2.16. The fourth-order valence-corrected chi connectivity index (χ4v) is 2.46. The number of anilines is 1. The minimum atomic E-state index is -0.687. The van der Waals surface area contributed by atoms with Gasteiger partial charge in [0.1, 0.15) is 5.75 Å². The van der Waals surface area contributed by atoms with E-state index in [2.05, 4.69) is 21.2 Å². The lowest BCUT2D eigenvalue weighted by Crippen LogP contribution is -2.30. The van der Waals surface area contributed by atoms with Gasteiger partial charge in [0.15, 0.2) is 6.10 Å². The first-order valence-electron chi connectivity index (χ1n) is 6.42. The third-order valence-electron chi connectivity index (χ3n) is 2.85. The van der Waals surface area contributed by atoms with E-state index in [4.69, 9.17) is 21.6 Å². The quantitative estimate of drug-likeness (QED) is 0.857. The molecule has 6 heteroatoms. The maximum absolute atomic E-state index is 12.1. The fourth-order valence-electron chi connectivity index (χ4n) is 1.69. The highest BCUT2D eigenvalue weighted by molar-refractivity contribution is 9.10. The number of carbonyl (C=O) groups excluding carboxylic acids is 1. The topological polar surface area (TPSA) is 62.1 Å². The zero-order chi connectivity index (χ0) is 16.1. The molecule has 1 amide bonds. The molecule has 0 fully saturated rings. The van der Waals surface area contributed by atoms with Crippen molar-refractivity contribution < 1.29 is 9.53 Å². The molecule has 2 aromatic rings. The first-order chi connectivity index (χ1) is 10.5. The second kappa shape index (κ2) is 7.30. The highest BCUT2D eigenvalue weighted by atomic mass is 79.9. The Labute approximate surface area is 141 Å². The molecule has 0 bridgehead atoms. The number of nitrogens with one attached hydrogen (secondary N) is 1. The zero-order valence-electron chi connectivity index (χ0n) is 11.6. The van der Waals surface area contributed by atoms with Gasteiger partial charge in [0.25, 0.3) is 5.91 Å². The molecule has 1 atom stereocenters. The summed E-state index contributed by atoms with van der Waals surface area (Å²) < 4.78 is 6.29. The largest absolute Gasteiger partial charge is 0.480 e. The summed E-state index contributed by atoms with van der Waals surface area (Å²) in [6.45, 7) is 1.65. The molecule has 1 unspecified atom stereocenters. The molecular weight excluding hydrogens is 368 g/mol. The monoisotopic (exact) mass is 378 g/mol. The fraction of sp³-hybridized carbons (Fsp3) is 0.125. The van der Waals surface area contributed by atoms with Crippen molar-refractivity contribution in [2.75, 3.05) is 5.32 Å².